The van der Waals surface area contributed by atoms with Gasteiger partial charge >= 0.3 is 0 Å². The summed E-state index contributed by atoms with van der Waals surface area (Å²) in [7, 11) is 5.81. The summed E-state index contributed by atoms with van der Waals surface area (Å²) < 4.78 is 6.81. The summed E-state index contributed by atoms with van der Waals surface area (Å²) in [4.78, 5) is 2.16. The molecule has 1 atom stereocenters. The molecule has 110 valence electrons. The summed E-state index contributed by atoms with van der Waals surface area (Å²) in [6.45, 7) is 6.29. The molecule has 1 rings (SSSR count). The van der Waals surface area contributed by atoms with Crippen molar-refractivity contribution >= 4 is 15.9 Å². The van der Waals surface area contributed by atoms with Gasteiger partial charge in [0.05, 0.1) is 13.2 Å². The average molecular weight is 339 g/mol. The van der Waals surface area contributed by atoms with E-state index in [-0.39, 0.29) is 6.04 Å². The van der Waals surface area contributed by atoms with Crippen molar-refractivity contribution in [3.8, 4) is 11.8 Å². The molecule has 0 aliphatic heterocycles. The number of hydrogen-bond donors (Lipinski definition) is 0. The first-order valence-electron chi connectivity index (χ1n) is 6.73. The standard InChI is InChI=1S/C16H23BrN2O/c1-10-11(2)16(20-6)14(12(3)15(10)17)13(19(4)5)8-7-9-18/h13H,7-8H2,1-6H3. The van der Waals surface area contributed by atoms with Crippen LogP contribution in [-0.4, -0.2) is 26.1 Å². The molecule has 0 saturated carbocycles. The molecule has 0 aromatic heterocycles. The molecule has 3 nitrogen and oxygen atoms in total. The van der Waals surface area contributed by atoms with Crippen LogP contribution < -0.4 is 4.74 Å². The summed E-state index contributed by atoms with van der Waals surface area (Å²) in [5.41, 5.74) is 4.74. The molecule has 1 aromatic rings. The first-order chi connectivity index (χ1) is 9.36. The van der Waals surface area contributed by atoms with E-state index < -0.39 is 0 Å². The summed E-state index contributed by atoms with van der Waals surface area (Å²) in [5.74, 6) is 0.944. The van der Waals surface area contributed by atoms with Crippen LogP contribution in [0.3, 0.4) is 0 Å². The third kappa shape index (κ3) is 3.16. The number of halogens is 1. The normalized spacial score (nSPS) is 12.3. The van der Waals surface area contributed by atoms with Gasteiger partial charge in [-0.1, -0.05) is 15.9 Å². The minimum atomic E-state index is 0.181. The van der Waals surface area contributed by atoms with Crippen LogP contribution in [0.15, 0.2) is 4.47 Å². The van der Waals surface area contributed by atoms with E-state index in [2.05, 4.69) is 47.7 Å². The molecular formula is C16H23BrN2O. The second-order valence-corrected chi connectivity index (χ2v) is 6.11. The van der Waals surface area contributed by atoms with Crippen molar-refractivity contribution in [2.24, 2.45) is 0 Å². The highest BCUT2D eigenvalue weighted by molar-refractivity contribution is 9.10. The molecule has 0 N–H and O–H groups in total. The summed E-state index contributed by atoms with van der Waals surface area (Å²) in [6.07, 6.45) is 1.34. The smallest absolute Gasteiger partial charge is 0.127 e. The summed E-state index contributed by atoms with van der Waals surface area (Å²) >= 11 is 3.69. The van der Waals surface area contributed by atoms with Crippen molar-refractivity contribution in [2.45, 2.75) is 39.7 Å². The Balaban J connectivity index is 3.51. The van der Waals surface area contributed by atoms with Crippen LogP contribution in [0.4, 0.5) is 0 Å². The van der Waals surface area contributed by atoms with Crippen LogP contribution in [0.25, 0.3) is 0 Å². The van der Waals surface area contributed by atoms with Crippen molar-refractivity contribution in [3.63, 3.8) is 0 Å². The SMILES string of the molecule is COc1c(C)c(C)c(Br)c(C)c1C(CCC#N)N(C)C. The van der Waals surface area contributed by atoms with Crippen LogP contribution in [0.2, 0.25) is 0 Å². The van der Waals surface area contributed by atoms with Gasteiger partial charge in [-0.2, -0.15) is 5.26 Å². The average Bonchev–Trinajstić information content (AvgIpc) is 2.42. The summed E-state index contributed by atoms with van der Waals surface area (Å²) in [6, 6.07) is 2.42. The van der Waals surface area contributed by atoms with Crippen molar-refractivity contribution in [2.75, 3.05) is 21.2 Å². The van der Waals surface area contributed by atoms with E-state index in [0.717, 1.165) is 22.2 Å². The Morgan fingerprint density at radius 2 is 1.80 bits per heavy atom. The monoisotopic (exact) mass is 338 g/mol. The third-order valence-electron chi connectivity index (χ3n) is 3.90. The van der Waals surface area contributed by atoms with Gasteiger partial charge in [0, 0.05) is 22.5 Å². The van der Waals surface area contributed by atoms with E-state index in [4.69, 9.17) is 10.00 Å². The molecule has 1 unspecified atom stereocenters. The van der Waals surface area contributed by atoms with Gasteiger partial charge in [-0.3, -0.25) is 0 Å². The van der Waals surface area contributed by atoms with E-state index in [1.165, 1.54) is 16.7 Å². The molecule has 1 aromatic carbocycles. The lowest BCUT2D eigenvalue weighted by molar-refractivity contribution is 0.275. The molecule has 0 fully saturated rings. The topological polar surface area (TPSA) is 36.3 Å². The van der Waals surface area contributed by atoms with Gasteiger partial charge in [-0.15, -0.1) is 0 Å². The molecule has 0 saturated heterocycles. The number of ether oxygens (including phenoxy) is 1. The highest BCUT2D eigenvalue weighted by Crippen LogP contribution is 2.41. The predicted octanol–water partition coefficient (Wildman–Crippen LogP) is 4.29. The van der Waals surface area contributed by atoms with Crippen molar-refractivity contribution in [1.29, 1.82) is 5.26 Å². The minimum Gasteiger partial charge on any atom is -0.496 e. The molecule has 20 heavy (non-hydrogen) atoms. The van der Waals surface area contributed by atoms with Gasteiger partial charge in [0.1, 0.15) is 5.75 Å². The van der Waals surface area contributed by atoms with E-state index in [9.17, 15) is 0 Å². The number of hydrogen-bond acceptors (Lipinski definition) is 3. The first-order valence-corrected chi connectivity index (χ1v) is 7.52. The number of rotatable bonds is 5. The van der Waals surface area contributed by atoms with Crippen LogP contribution in [0.1, 0.15) is 41.1 Å². The largest absolute Gasteiger partial charge is 0.496 e. The first kappa shape index (κ1) is 17.0. The number of nitriles is 1. The van der Waals surface area contributed by atoms with Crippen molar-refractivity contribution in [1.82, 2.24) is 4.90 Å². The Bertz CT molecular complexity index is 533. The van der Waals surface area contributed by atoms with Gasteiger partial charge in [0.25, 0.3) is 0 Å². The van der Waals surface area contributed by atoms with Gasteiger partial charge in [0.15, 0.2) is 0 Å². The fraction of sp³-hybridized carbons (Fsp3) is 0.562. The van der Waals surface area contributed by atoms with E-state index in [1.54, 1.807) is 7.11 Å². The fourth-order valence-electron chi connectivity index (χ4n) is 2.63. The molecular weight excluding hydrogens is 316 g/mol. The van der Waals surface area contributed by atoms with Crippen LogP contribution in [0, 0.1) is 32.1 Å². The zero-order chi connectivity index (χ0) is 15.4. The lowest BCUT2D eigenvalue weighted by atomic mass is 9.91. The Labute approximate surface area is 130 Å². The zero-order valence-electron chi connectivity index (χ0n) is 13.2. The summed E-state index contributed by atoms with van der Waals surface area (Å²) in [5, 5.41) is 8.88. The number of methoxy groups -OCH3 is 1. The highest BCUT2D eigenvalue weighted by Gasteiger charge is 2.25. The van der Waals surface area contributed by atoms with E-state index in [0.29, 0.717) is 6.42 Å². The molecule has 0 amide bonds. The number of nitrogens with zero attached hydrogens (tertiary/aromatic N) is 2. The zero-order valence-corrected chi connectivity index (χ0v) is 14.8. The predicted molar refractivity (Wildman–Crippen MR) is 86.2 cm³/mol. The second-order valence-electron chi connectivity index (χ2n) is 5.31. The van der Waals surface area contributed by atoms with E-state index >= 15 is 0 Å². The fourth-order valence-corrected chi connectivity index (χ4v) is 3.14. The quantitative estimate of drug-likeness (QED) is 0.803. The maximum atomic E-state index is 8.88. The Kier molecular flexibility index (Phi) is 6.04. The van der Waals surface area contributed by atoms with Crippen LogP contribution >= 0.6 is 15.9 Å². The Morgan fingerprint density at radius 3 is 2.25 bits per heavy atom. The lowest BCUT2D eigenvalue weighted by Gasteiger charge is -2.29. The van der Waals surface area contributed by atoms with Gasteiger partial charge in [-0.25, -0.2) is 0 Å². The molecule has 0 aliphatic rings. The third-order valence-corrected chi connectivity index (χ3v) is 5.09. The van der Waals surface area contributed by atoms with E-state index in [1.807, 2.05) is 14.1 Å². The molecule has 4 heteroatoms. The van der Waals surface area contributed by atoms with Gasteiger partial charge < -0.3 is 9.64 Å². The molecule has 0 spiro atoms. The van der Waals surface area contributed by atoms with Crippen LogP contribution in [0.5, 0.6) is 5.75 Å². The second kappa shape index (κ2) is 7.10. The van der Waals surface area contributed by atoms with Gasteiger partial charge in [-0.05, 0) is 58.0 Å². The Morgan fingerprint density at radius 1 is 1.20 bits per heavy atom. The molecule has 0 radical (unpaired) electrons. The molecule has 0 heterocycles. The van der Waals surface area contributed by atoms with Gasteiger partial charge in [0.2, 0.25) is 0 Å². The maximum Gasteiger partial charge on any atom is 0.127 e. The van der Waals surface area contributed by atoms with Crippen LogP contribution in [-0.2, 0) is 0 Å². The van der Waals surface area contributed by atoms with Crippen molar-refractivity contribution in [3.05, 3.63) is 26.7 Å². The lowest BCUT2D eigenvalue weighted by Crippen LogP contribution is -2.22. The highest BCUT2D eigenvalue weighted by atomic mass is 79.9. The molecule has 0 aliphatic carbocycles. The minimum absolute atomic E-state index is 0.181. The Hall–Kier alpha value is -1.05. The van der Waals surface area contributed by atoms with Crippen molar-refractivity contribution < 1.29 is 4.74 Å². The maximum absolute atomic E-state index is 8.88. The number of benzene rings is 1. The molecule has 0 bridgehead atoms.